The number of aromatic nitrogens is 4. The van der Waals surface area contributed by atoms with E-state index in [0.717, 1.165) is 63.1 Å². The van der Waals surface area contributed by atoms with Gasteiger partial charge in [0.1, 0.15) is 6.73 Å². The molecule has 1 saturated heterocycles. The highest BCUT2D eigenvalue weighted by molar-refractivity contribution is 6.76. The fourth-order valence-corrected chi connectivity index (χ4v) is 3.50. The first-order chi connectivity index (χ1) is 12.5. The molecule has 1 aliphatic rings. The fraction of sp³-hybridized carbons (Fsp3) is 0.706. The number of nitrogens with zero attached hydrogens (tertiary/aromatic N) is 5. The van der Waals surface area contributed by atoms with E-state index in [1.54, 1.807) is 6.20 Å². The fourth-order valence-electron chi connectivity index (χ4n) is 2.74. The van der Waals surface area contributed by atoms with Crippen LogP contribution < -0.4 is 4.90 Å². The van der Waals surface area contributed by atoms with Crippen molar-refractivity contribution in [1.29, 1.82) is 0 Å². The molecule has 144 valence electrons. The maximum atomic E-state index is 5.97. The third-order valence-electron chi connectivity index (χ3n) is 4.49. The highest BCUT2D eigenvalue weighted by Gasteiger charge is 2.17. The molecule has 1 aliphatic heterocycles. The molecule has 0 spiro atoms. The molecule has 3 rings (SSSR count). The predicted octanol–water partition coefficient (Wildman–Crippen LogP) is 1.80. The van der Waals surface area contributed by atoms with Crippen LogP contribution in [0.3, 0.4) is 0 Å². The van der Waals surface area contributed by atoms with Crippen LogP contribution in [0.2, 0.25) is 25.7 Å². The summed E-state index contributed by atoms with van der Waals surface area (Å²) in [6, 6.07) is 1.16. The number of fused-ring (bicyclic) bond motifs is 1. The van der Waals surface area contributed by atoms with Gasteiger partial charge in [-0.2, -0.15) is 10.1 Å². The number of ether oxygens (including phenoxy) is 2. The van der Waals surface area contributed by atoms with Gasteiger partial charge in [-0.25, -0.2) is 4.98 Å². The van der Waals surface area contributed by atoms with Gasteiger partial charge in [-0.1, -0.05) is 19.6 Å². The molecule has 0 aliphatic carbocycles. The zero-order chi connectivity index (χ0) is 18.4. The first-order valence-electron chi connectivity index (χ1n) is 9.30. The monoisotopic (exact) mass is 378 g/mol. The van der Waals surface area contributed by atoms with Gasteiger partial charge in [0.15, 0.2) is 5.65 Å². The molecule has 1 fully saturated rings. The van der Waals surface area contributed by atoms with Crippen LogP contribution in [0.4, 0.5) is 5.95 Å². The molecule has 0 aromatic carbocycles. The molecule has 0 saturated carbocycles. The van der Waals surface area contributed by atoms with Crippen molar-refractivity contribution in [3.8, 4) is 0 Å². The normalized spacial score (nSPS) is 16.3. The van der Waals surface area contributed by atoms with E-state index in [0.29, 0.717) is 12.7 Å². The number of aromatic amines is 1. The van der Waals surface area contributed by atoms with E-state index in [4.69, 9.17) is 9.47 Å². The Morgan fingerprint density at radius 2 is 2.08 bits per heavy atom. The first kappa shape index (κ1) is 19.2. The largest absolute Gasteiger partial charge is 0.379 e. The second-order valence-corrected chi connectivity index (χ2v) is 13.5. The maximum absolute atomic E-state index is 5.97. The van der Waals surface area contributed by atoms with Gasteiger partial charge in [0.05, 0.1) is 24.8 Å². The van der Waals surface area contributed by atoms with Crippen molar-refractivity contribution < 1.29 is 9.47 Å². The van der Waals surface area contributed by atoms with Crippen molar-refractivity contribution in [2.75, 3.05) is 57.6 Å². The summed E-state index contributed by atoms with van der Waals surface area (Å²) in [6.45, 7) is 13.7. The van der Waals surface area contributed by atoms with Gasteiger partial charge in [0.25, 0.3) is 0 Å². The van der Waals surface area contributed by atoms with E-state index in [1.807, 2.05) is 6.20 Å². The Bertz CT molecular complexity index is 683. The molecular weight excluding hydrogens is 348 g/mol. The lowest BCUT2D eigenvalue weighted by Crippen LogP contribution is -2.42. The number of hydrogen-bond donors (Lipinski definition) is 1. The van der Waals surface area contributed by atoms with Gasteiger partial charge in [-0.05, 0) is 6.04 Å². The molecule has 0 atom stereocenters. The number of nitrogens with one attached hydrogen (secondary N) is 1. The minimum absolute atomic E-state index is 0.508. The lowest BCUT2D eigenvalue weighted by atomic mass is 10.4. The third-order valence-corrected chi connectivity index (χ3v) is 6.20. The molecule has 0 unspecified atom stereocenters. The maximum Gasteiger partial charge on any atom is 0.229 e. The smallest absolute Gasteiger partial charge is 0.229 e. The van der Waals surface area contributed by atoms with E-state index in [2.05, 4.69) is 49.6 Å². The van der Waals surface area contributed by atoms with Crippen LogP contribution in [-0.4, -0.2) is 85.9 Å². The van der Waals surface area contributed by atoms with Crippen LogP contribution in [0, 0.1) is 0 Å². The lowest BCUT2D eigenvalue weighted by Gasteiger charge is -2.30. The van der Waals surface area contributed by atoms with E-state index >= 15 is 0 Å². The quantitative estimate of drug-likeness (QED) is 0.405. The summed E-state index contributed by atoms with van der Waals surface area (Å²) < 4.78 is 11.4. The Balaban J connectivity index is 1.61. The summed E-state index contributed by atoms with van der Waals surface area (Å²) >= 11 is 0. The molecule has 2 aromatic heterocycles. The standard InChI is InChI=1S/C17H30N6O2Si/c1-26(2,3)11-10-25-14-23(5-4-22-6-8-24-9-7-22)17-18-12-15-13-19-21-16(15)20-17/h12-13H,4-11,14H2,1-3H3,(H,18,19,20,21). The third kappa shape index (κ3) is 5.73. The zero-order valence-electron chi connectivity index (χ0n) is 16.1. The molecule has 26 heavy (non-hydrogen) atoms. The summed E-state index contributed by atoms with van der Waals surface area (Å²) in [5.41, 5.74) is 0.758. The molecule has 0 amide bonds. The van der Waals surface area contributed by atoms with Gasteiger partial charge in [0.2, 0.25) is 5.95 Å². The van der Waals surface area contributed by atoms with E-state index in [9.17, 15) is 0 Å². The minimum atomic E-state index is -1.09. The van der Waals surface area contributed by atoms with Gasteiger partial charge >= 0.3 is 0 Å². The van der Waals surface area contributed by atoms with Gasteiger partial charge in [-0.15, -0.1) is 0 Å². The number of hydrogen-bond acceptors (Lipinski definition) is 7. The number of H-pyrrole nitrogens is 1. The molecule has 0 radical (unpaired) electrons. The van der Waals surface area contributed by atoms with Crippen molar-refractivity contribution in [2.24, 2.45) is 0 Å². The van der Waals surface area contributed by atoms with E-state index in [1.165, 1.54) is 0 Å². The lowest BCUT2D eigenvalue weighted by molar-refractivity contribution is 0.0381. The number of rotatable bonds is 9. The molecule has 3 heterocycles. The van der Waals surface area contributed by atoms with Crippen LogP contribution in [0.1, 0.15) is 0 Å². The van der Waals surface area contributed by atoms with Crippen LogP contribution in [0.15, 0.2) is 12.4 Å². The Morgan fingerprint density at radius 1 is 1.27 bits per heavy atom. The molecule has 8 nitrogen and oxygen atoms in total. The SMILES string of the molecule is C[Si](C)(C)CCOCN(CCN1CCOCC1)c1ncc2cn[nH]c2n1. The summed E-state index contributed by atoms with van der Waals surface area (Å²) in [4.78, 5) is 13.6. The molecule has 2 aromatic rings. The van der Waals surface area contributed by atoms with Crippen LogP contribution in [0.25, 0.3) is 11.0 Å². The first-order valence-corrected chi connectivity index (χ1v) is 13.0. The van der Waals surface area contributed by atoms with Crippen molar-refractivity contribution in [3.63, 3.8) is 0 Å². The molecule has 0 bridgehead atoms. The van der Waals surface area contributed by atoms with Gasteiger partial charge in [-0.3, -0.25) is 10.00 Å². The Kier molecular flexibility index (Phi) is 6.57. The molecular formula is C17H30N6O2Si. The van der Waals surface area contributed by atoms with Crippen molar-refractivity contribution in [2.45, 2.75) is 25.7 Å². The van der Waals surface area contributed by atoms with Crippen LogP contribution in [-0.2, 0) is 9.47 Å². The average molecular weight is 379 g/mol. The zero-order valence-corrected chi connectivity index (χ0v) is 17.1. The van der Waals surface area contributed by atoms with E-state index in [-0.39, 0.29) is 0 Å². The predicted molar refractivity (Wildman–Crippen MR) is 105 cm³/mol. The second kappa shape index (κ2) is 8.89. The summed E-state index contributed by atoms with van der Waals surface area (Å²) in [5, 5.41) is 7.86. The number of morpholine rings is 1. The average Bonchev–Trinajstić information content (AvgIpc) is 3.09. The van der Waals surface area contributed by atoms with Crippen LogP contribution in [0.5, 0.6) is 0 Å². The minimum Gasteiger partial charge on any atom is -0.379 e. The highest BCUT2D eigenvalue weighted by Crippen LogP contribution is 2.14. The van der Waals surface area contributed by atoms with E-state index < -0.39 is 8.07 Å². The van der Waals surface area contributed by atoms with Crippen molar-refractivity contribution in [1.82, 2.24) is 25.1 Å². The summed E-state index contributed by atoms with van der Waals surface area (Å²) in [7, 11) is -1.09. The van der Waals surface area contributed by atoms with Gasteiger partial charge < -0.3 is 14.4 Å². The topological polar surface area (TPSA) is 79.4 Å². The Labute approximate surface area is 155 Å². The molecule has 1 N–H and O–H groups in total. The van der Waals surface area contributed by atoms with Gasteiger partial charge in [0, 0.05) is 47.1 Å². The summed E-state index contributed by atoms with van der Waals surface area (Å²) in [5.74, 6) is 0.683. The van der Waals surface area contributed by atoms with Crippen LogP contribution >= 0.6 is 0 Å². The molecule has 9 heteroatoms. The highest BCUT2D eigenvalue weighted by atomic mass is 28.3. The second-order valence-electron chi connectivity index (χ2n) is 7.91. The number of anilines is 1. The van der Waals surface area contributed by atoms with Crippen molar-refractivity contribution in [3.05, 3.63) is 12.4 Å². The Morgan fingerprint density at radius 3 is 2.85 bits per heavy atom. The Hall–Kier alpha value is -1.55. The van der Waals surface area contributed by atoms with Crippen molar-refractivity contribution >= 4 is 25.1 Å². The summed E-state index contributed by atoms with van der Waals surface area (Å²) in [6.07, 6.45) is 3.55.